The minimum atomic E-state index is -4.50. The zero-order valence-corrected chi connectivity index (χ0v) is 10.5. The first kappa shape index (κ1) is 15.5. The van der Waals surface area contributed by atoms with Crippen LogP contribution in [0.5, 0.6) is 0 Å². The third-order valence-corrected chi connectivity index (χ3v) is 2.55. The Bertz CT molecular complexity index is 418. The number of hydrogen-bond donors (Lipinski definition) is 1. The maximum absolute atomic E-state index is 12.3. The summed E-state index contributed by atoms with van der Waals surface area (Å²) in [6.07, 6.45) is -2.94. The Kier molecular flexibility index (Phi) is 5.34. The first-order valence-electron chi connectivity index (χ1n) is 5.87. The fraction of sp³-hybridized carbons (Fsp3) is 0.636. The molecular formula is C11H16F3N3O2. The summed E-state index contributed by atoms with van der Waals surface area (Å²) >= 11 is 0. The normalized spacial score (nSPS) is 11.6. The van der Waals surface area contributed by atoms with Crippen molar-refractivity contribution in [2.45, 2.75) is 26.1 Å². The second-order valence-corrected chi connectivity index (χ2v) is 3.95. The highest BCUT2D eigenvalue weighted by molar-refractivity contribution is 5.75. The molecule has 0 saturated heterocycles. The smallest absolute Gasteiger partial charge is 0.396 e. The van der Waals surface area contributed by atoms with Crippen LogP contribution in [0.3, 0.4) is 0 Å². The van der Waals surface area contributed by atoms with E-state index < -0.39 is 11.9 Å². The predicted molar refractivity (Wildman–Crippen MR) is 61.2 cm³/mol. The third-order valence-electron chi connectivity index (χ3n) is 2.55. The van der Waals surface area contributed by atoms with E-state index in [2.05, 4.69) is 5.10 Å². The molecule has 0 bridgehead atoms. The van der Waals surface area contributed by atoms with Crippen molar-refractivity contribution in [1.29, 1.82) is 0 Å². The summed E-state index contributed by atoms with van der Waals surface area (Å²) in [6, 6.07) is 0.831. The number of amides is 1. The van der Waals surface area contributed by atoms with E-state index in [0.717, 1.165) is 16.9 Å². The number of rotatable bonds is 6. The van der Waals surface area contributed by atoms with Crippen LogP contribution in [0.25, 0.3) is 0 Å². The van der Waals surface area contributed by atoms with Gasteiger partial charge in [-0.2, -0.15) is 18.3 Å². The van der Waals surface area contributed by atoms with Crippen LogP contribution in [0.2, 0.25) is 0 Å². The number of likely N-dealkylation sites (N-methyl/N-ethyl adjacent to an activating group) is 1. The van der Waals surface area contributed by atoms with Gasteiger partial charge < -0.3 is 10.0 Å². The molecule has 108 valence electrons. The summed E-state index contributed by atoms with van der Waals surface area (Å²) in [5.74, 6) is -0.326. The van der Waals surface area contributed by atoms with Crippen LogP contribution in [0.1, 0.15) is 19.0 Å². The van der Waals surface area contributed by atoms with E-state index >= 15 is 0 Å². The van der Waals surface area contributed by atoms with Crippen molar-refractivity contribution >= 4 is 5.91 Å². The number of aliphatic hydroxyl groups excluding tert-OH is 1. The van der Waals surface area contributed by atoms with Crippen LogP contribution in [-0.4, -0.2) is 45.4 Å². The van der Waals surface area contributed by atoms with Gasteiger partial charge >= 0.3 is 6.18 Å². The van der Waals surface area contributed by atoms with Gasteiger partial charge in [0.2, 0.25) is 5.91 Å². The molecule has 0 aliphatic heterocycles. The second kappa shape index (κ2) is 6.55. The first-order chi connectivity index (χ1) is 8.88. The molecule has 1 rings (SSSR count). The molecule has 1 N–H and O–H groups in total. The van der Waals surface area contributed by atoms with Crippen LogP contribution >= 0.6 is 0 Å². The molecule has 0 fully saturated rings. The monoisotopic (exact) mass is 279 g/mol. The van der Waals surface area contributed by atoms with E-state index in [4.69, 9.17) is 5.11 Å². The van der Waals surface area contributed by atoms with Gasteiger partial charge in [0.25, 0.3) is 0 Å². The van der Waals surface area contributed by atoms with Crippen molar-refractivity contribution in [3.05, 3.63) is 18.0 Å². The fourth-order valence-electron chi connectivity index (χ4n) is 1.56. The average Bonchev–Trinajstić information content (AvgIpc) is 2.78. The Morgan fingerprint density at radius 1 is 1.53 bits per heavy atom. The highest BCUT2D eigenvalue weighted by Crippen LogP contribution is 2.27. The lowest BCUT2D eigenvalue weighted by Crippen LogP contribution is -2.35. The number of carbonyl (C=O) groups excluding carboxylic acids is 1. The summed E-state index contributed by atoms with van der Waals surface area (Å²) in [6.45, 7) is 2.30. The van der Waals surface area contributed by atoms with E-state index in [-0.39, 0.29) is 19.1 Å². The summed E-state index contributed by atoms with van der Waals surface area (Å²) in [5.41, 5.74) is -1.02. The number of hydrogen-bond acceptors (Lipinski definition) is 3. The Morgan fingerprint density at radius 3 is 2.68 bits per heavy atom. The SMILES string of the molecule is CCN(CCCO)C(=O)Cn1ccc(C(F)(F)F)n1. The van der Waals surface area contributed by atoms with E-state index in [1.807, 2.05) is 0 Å². The molecule has 1 heterocycles. The highest BCUT2D eigenvalue weighted by Gasteiger charge is 2.33. The first-order valence-corrected chi connectivity index (χ1v) is 5.87. The van der Waals surface area contributed by atoms with Crippen LogP contribution in [0.15, 0.2) is 12.3 Å². The number of carbonyl (C=O) groups is 1. The molecule has 0 radical (unpaired) electrons. The number of alkyl halides is 3. The molecular weight excluding hydrogens is 263 g/mol. The van der Waals surface area contributed by atoms with E-state index in [1.54, 1.807) is 6.92 Å². The van der Waals surface area contributed by atoms with Crippen molar-refractivity contribution in [2.75, 3.05) is 19.7 Å². The second-order valence-electron chi connectivity index (χ2n) is 3.95. The molecule has 0 aliphatic carbocycles. The van der Waals surface area contributed by atoms with Gasteiger partial charge in [-0.15, -0.1) is 0 Å². The van der Waals surface area contributed by atoms with Gasteiger partial charge in [-0.1, -0.05) is 0 Å². The summed E-state index contributed by atoms with van der Waals surface area (Å²) in [7, 11) is 0. The summed E-state index contributed by atoms with van der Waals surface area (Å²) in [5, 5.41) is 12.0. The fourth-order valence-corrected chi connectivity index (χ4v) is 1.56. The molecule has 0 aromatic carbocycles. The zero-order valence-electron chi connectivity index (χ0n) is 10.5. The minimum Gasteiger partial charge on any atom is -0.396 e. The van der Waals surface area contributed by atoms with Crippen LogP contribution in [-0.2, 0) is 17.5 Å². The van der Waals surface area contributed by atoms with Gasteiger partial charge in [0.15, 0.2) is 5.69 Å². The molecule has 1 aromatic heterocycles. The molecule has 0 atom stereocenters. The molecule has 19 heavy (non-hydrogen) atoms. The molecule has 1 aromatic rings. The van der Waals surface area contributed by atoms with Crippen molar-refractivity contribution in [1.82, 2.24) is 14.7 Å². The van der Waals surface area contributed by atoms with Gasteiger partial charge in [0, 0.05) is 25.9 Å². The number of halogens is 3. The van der Waals surface area contributed by atoms with E-state index in [9.17, 15) is 18.0 Å². The topological polar surface area (TPSA) is 58.4 Å². The van der Waals surface area contributed by atoms with E-state index in [0.29, 0.717) is 19.5 Å². The van der Waals surface area contributed by atoms with Gasteiger partial charge in [0.05, 0.1) is 0 Å². The third kappa shape index (κ3) is 4.55. The zero-order chi connectivity index (χ0) is 14.5. The number of aliphatic hydroxyl groups is 1. The lowest BCUT2D eigenvalue weighted by Gasteiger charge is -2.20. The molecule has 8 heteroatoms. The van der Waals surface area contributed by atoms with Crippen molar-refractivity contribution in [3.63, 3.8) is 0 Å². The quantitative estimate of drug-likeness (QED) is 0.849. The Hall–Kier alpha value is -1.57. The van der Waals surface area contributed by atoms with Crippen LogP contribution < -0.4 is 0 Å². The largest absolute Gasteiger partial charge is 0.435 e. The van der Waals surface area contributed by atoms with Crippen LogP contribution in [0, 0.1) is 0 Å². The number of nitrogens with zero attached hydrogens (tertiary/aromatic N) is 3. The molecule has 5 nitrogen and oxygen atoms in total. The maximum atomic E-state index is 12.3. The van der Waals surface area contributed by atoms with Crippen molar-refractivity contribution < 1.29 is 23.1 Å². The molecule has 0 unspecified atom stereocenters. The van der Waals surface area contributed by atoms with Gasteiger partial charge in [0.1, 0.15) is 6.54 Å². The maximum Gasteiger partial charge on any atom is 0.435 e. The number of aromatic nitrogens is 2. The van der Waals surface area contributed by atoms with Crippen molar-refractivity contribution in [3.8, 4) is 0 Å². The van der Waals surface area contributed by atoms with Gasteiger partial charge in [-0.05, 0) is 19.4 Å². The Morgan fingerprint density at radius 2 is 2.21 bits per heavy atom. The summed E-state index contributed by atoms with van der Waals surface area (Å²) in [4.78, 5) is 13.3. The lowest BCUT2D eigenvalue weighted by atomic mass is 10.3. The van der Waals surface area contributed by atoms with Crippen molar-refractivity contribution in [2.24, 2.45) is 0 Å². The molecule has 0 aliphatic rings. The summed E-state index contributed by atoms with van der Waals surface area (Å²) < 4.78 is 38.0. The minimum absolute atomic E-state index is 0.0379. The average molecular weight is 279 g/mol. The van der Waals surface area contributed by atoms with Gasteiger partial charge in [-0.3, -0.25) is 9.48 Å². The molecule has 0 saturated carbocycles. The highest BCUT2D eigenvalue weighted by atomic mass is 19.4. The predicted octanol–water partition coefficient (Wildman–Crippen LogP) is 1.13. The van der Waals surface area contributed by atoms with E-state index in [1.165, 1.54) is 4.90 Å². The Balaban J connectivity index is 2.63. The van der Waals surface area contributed by atoms with Crippen LogP contribution in [0.4, 0.5) is 13.2 Å². The molecule has 0 spiro atoms. The standard InChI is InChI=1S/C11H16F3N3O2/c1-2-16(5-3-7-18)10(19)8-17-6-4-9(15-17)11(12,13)14/h4,6,18H,2-3,5,7-8H2,1H3. The molecule has 1 amide bonds. The van der Waals surface area contributed by atoms with Gasteiger partial charge in [-0.25, -0.2) is 0 Å². The Labute approximate surface area is 108 Å². The lowest BCUT2D eigenvalue weighted by molar-refractivity contribution is -0.142.